The highest BCUT2D eigenvalue weighted by Crippen LogP contribution is 2.78. The number of aliphatic hydroxyl groups is 1. The molecular formula is C26H30O8. The normalized spacial score (nSPS) is 50.6. The summed E-state index contributed by atoms with van der Waals surface area (Å²) in [5.74, 6) is -2.00. The molecule has 2 aliphatic carbocycles. The van der Waals surface area contributed by atoms with Crippen molar-refractivity contribution in [1.82, 2.24) is 0 Å². The highest BCUT2D eigenvalue weighted by Gasteiger charge is 2.89. The molecule has 8 heteroatoms. The van der Waals surface area contributed by atoms with Crippen molar-refractivity contribution in [3.05, 3.63) is 36.3 Å². The number of carbonyl (C=O) groups excluding carboxylic acids is 3. The molecule has 4 unspecified atom stereocenters. The monoisotopic (exact) mass is 470 g/mol. The van der Waals surface area contributed by atoms with Crippen molar-refractivity contribution in [3.8, 4) is 0 Å². The van der Waals surface area contributed by atoms with Crippen LogP contribution in [0.25, 0.3) is 0 Å². The fourth-order valence-corrected chi connectivity index (χ4v) is 8.66. The van der Waals surface area contributed by atoms with Crippen LogP contribution in [-0.2, 0) is 28.6 Å². The Morgan fingerprint density at radius 3 is 2.47 bits per heavy atom. The molecular weight excluding hydrogens is 440 g/mol. The van der Waals surface area contributed by atoms with Crippen molar-refractivity contribution in [2.75, 3.05) is 0 Å². The number of fused-ring (bicyclic) bond motifs is 3. The predicted octanol–water partition coefficient (Wildman–Crippen LogP) is 2.90. The van der Waals surface area contributed by atoms with E-state index < -0.39 is 63.6 Å². The van der Waals surface area contributed by atoms with Gasteiger partial charge in [-0.2, -0.15) is 0 Å². The third-order valence-electron chi connectivity index (χ3n) is 9.92. The van der Waals surface area contributed by atoms with E-state index in [1.807, 2.05) is 34.6 Å². The Balaban J connectivity index is 1.56. The van der Waals surface area contributed by atoms with Crippen LogP contribution in [0.15, 0.2) is 35.2 Å². The van der Waals surface area contributed by atoms with Crippen molar-refractivity contribution in [3.63, 3.8) is 0 Å². The van der Waals surface area contributed by atoms with E-state index in [0.717, 1.165) is 0 Å². The molecule has 1 aromatic heterocycles. The van der Waals surface area contributed by atoms with Gasteiger partial charge in [0.2, 0.25) is 0 Å². The number of Topliss-reactive ketones (excluding diaryl/α,β-unsaturated/α-hetero) is 1. The predicted molar refractivity (Wildman–Crippen MR) is 116 cm³/mol. The molecule has 8 nitrogen and oxygen atoms in total. The summed E-state index contributed by atoms with van der Waals surface area (Å²) < 4.78 is 23.1. The largest absolute Gasteiger partial charge is 0.472 e. The Bertz CT molecular complexity index is 1140. The lowest BCUT2D eigenvalue weighted by Gasteiger charge is -2.66. The third-order valence-corrected chi connectivity index (χ3v) is 9.92. The minimum absolute atomic E-state index is 0.0903. The summed E-state index contributed by atoms with van der Waals surface area (Å²) >= 11 is 0. The van der Waals surface area contributed by atoms with Gasteiger partial charge in [0.15, 0.2) is 6.10 Å². The Hall–Kier alpha value is -2.45. The smallest absolute Gasteiger partial charge is 0.339 e. The number of ketones is 1. The summed E-state index contributed by atoms with van der Waals surface area (Å²) in [5, 5.41) is 11.8. The van der Waals surface area contributed by atoms with E-state index in [-0.39, 0.29) is 24.5 Å². The molecule has 1 N–H and O–H groups in total. The van der Waals surface area contributed by atoms with E-state index in [1.54, 1.807) is 12.1 Å². The molecule has 4 heterocycles. The van der Waals surface area contributed by atoms with Crippen LogP contribution >= 0.6 is 0 Å². The molecule has 1 spiro atoms. The minimum Gasteiger partial charge on any atom is -0.472 e. The second-order valence-electron chi connectivity index (χ2n) is 11.9. The van der Waals surface area contributed by atoms with E-state index in [9.17, 15) is 19.5 Å². The number of hydrogen-bond donors (Lipinski definition) is 1. The molecule has 0 aromatic carbocycles. The topological polar surface area (TPSA) is 116 Å². The standard InChI is InChI=1S/C26H30O8/c1-22(2)15-10-16(28)25(5)18(23(15,3)8-6-17(29)33-22)14(27)11-24(4)19(13-7-9-31-12-13)32-21(30)20-26(24,25)34-20/h6-9,12,14-15,18-20,27H,10-11H2,1-5H3/t14-,15?,18?,19?,20+,23-,24?,25+,26+/m0/s1. The number of carbonyl (C=O) groups is 3. The molecule has 5 aliphatic rings. The number of ether oxygens (including phenoxy) is 3. The lowest BCUT2D eigenvalue weighted by Crippen LogP contribution is -2.74. The quantitative estimate of drug-likeness (QED) is 0.492. The zero-order chi connectivity index (χ0) is 24.5. The van der Waals surface area contributed by atoms with Gasteiger partial charge in [0.1, 0.15) is 23.1 Å². The molecule has 182 valence electrons. The van der Waals surface area contributed by atoms with Gasteiger partial charge >= 0.3 is 11.9 Å². The first-order valence-corrected chi connectivity index (χ1v) is 11.9. The zero-order valence-electron chi connectivity index (χ0n) is 20.0. The number of epoxide rings is 1. The van der Waals surface area contributed by atoms with Gasteiger partial charge in [-0.1, -0.05) is 19.9 Å². The van der Waals surface area contributed by atoms with E-state index in [4.69, 9.17) is 18.6 Å². The summed E-state index contributed by atoms with van der Waals surface area (Å²) in [4.78, 5) is 39.7. The molecule has 34 heavy (non-hydrogen) atoms. The second kappa shape index (κ2) is 6.21. The van der Waals surface area contributed by atoms with Gasteiger partial charge in [-0.3, -0.25) is 4.79 Å². The highest BCUT2D eigenvalue weighted by atomic mass is 16.7. The average Bonchev–Trinajstić information content (AvgIpc) is 3.34. The van der Waals surface area contributed by atoms with Crippen LogP contribution in [0.2, 0.25) is 0 Å². The first kappa shape index (κ1) is 22.0. The molecule has 2 saturated carbocycles. The van der Waals surface area contributed by atoms with E-state index in [0.29, 0.717) is 5.56 Å². The summed E-state index contributed by atoms with van der Waals surface area (Å²) in [6.45, 7) is 9.39. The van der Waals surface area contributed by atoms with Gasteiger partial charge in [0.05, 0.1) is 24.0 Å². The lowest BCUT2D eigenvalue weighted by molar-refractivity contribution is -0.239. The second-order valence-corrected chi connectivity index (χ2v) is 11.9. The number of cyclic esters (lactones) is 2. The van der Waals surface area contributed by atoms with Crippen LogP contribution in [0.4, 0.5) is 0 Å². The van der Waals surface area contributed by atoms with Crippen LogP contribution in [0.3, 0.4) is 0 Å². The SMILES string of the molecule is CC1(C)OC(=O)C=C[C@@]2(C)C1CC(=O)[C@]1(C)C2[C@@H](O)CC2(C)C(c3ccoc3)OC(=O)[C@H]3O[C@]321. The Kier molecular flexibility index (Phi) is 4.02. The molecule has 1 aromatic rings. The van der Waals surface area contributed by atoms with E-state index in [1.165, 1.54) is 18.6 Å². The van der Waals surface area contributed by atoms with Crippen LogP contribution < -0.4 is 0 Å². The number of esters is 2. The summed E-state index contributed by atoms with van der Waals surface area (Å²) in [6, 6.07) is 1.74. The van der Waals surface area contributed by atoms with Gasteiger partial charge < -0.3 is 23.7 Å². The van der Waals surface area contributed by atoms with Gasteiger partial charge in [0, 0.05) is 35.3 Å². The molecule has 2 saturated heterocycles. The van der Waals surface area contributed by atoms with Crippen molar-refractivity contribution in [2.24, 2.45) is 28.1 Å². The maximum Gasteiger partial charge on any atom is 0.339 e. The fourth-order valence-electron chi connectivity index (χ4n) is 8.66. The number of rotatable bonds is 1. The number of aliphatic hydroxyl groups excluding tert-OH is 1. The molecule has 6 rings (SSSR count). The molecule has 0 amide bonds. The van der Waals surface area contributed by atoms with Crippen molar-refractivity contribution >= 4 is 17.7 Å². The fraction of sp³-hybridized carbons (Fsp3) is 0.654. The van der Waals surface area contributed by atoms with Crippen molar-refractivity contribution in [2.45, 2.75) is 77.0 Å². The lowest BCUT2D eigenvalue weighted by atomic mass is 9.37. The highest BCUT2D eigenvalue weighted by molar-refractivity contribution is 5.93. The van der Waals surface area contributed by atoms with Crippen LogP contribution in [0.5, 0.6) is 0 Å². The number of allylic oxidation sites excluding steroid dienone is 1. The van der Waals surface area contributed by atoms with Crippen molar-refractivity contribution in [1.29, 1.82) is 0 Å². The average molecular weight is 471 g/mol. The number of hydrogen-bond acceptors (Lipinski definition) is 8. The summed E-state index contributed by atoms with van der Waals surface area (Å²) in [7, 11) is 0. The van der Waals surface area contributed by atoms with Gasteiger partial charge in [-0.15, -0.1) is 0 Å². The van der Waals surface area contributed by atoms with E-state index in [2.05, 4.69) is 0 Å². The van der Waals surface area contributed by atoms with Gasteiger partial charge in [-0.05, 0) is 38.7 Å². The van der Waals surface area contributed by atoms with E-state index >= 15 is 0 Å². The van der Waals surface area contributed by atoms with Gasteiger partial charge in [0.25, 0.3) is 0 Å². The van der Waals surface area contributed by atoms with Crippen molar-refractivity contribution < 1.29 is 38.1 Å². The first-order chi connectivity index (χ1) is 15.8. The molecule has 0 bridgehead atoms. The van der Waals surface area contributed by atoms with Crippen LogP contribution in [0, 0.1) is 28.1 Å². The Morgan fingerprint density at radius 2 is 1.79 bits per heavy atom. The zero-order valence-corrected chi connectivity index (χ0v) is 20.0. The summed E-state index contributed by atoms with van der Waals surface area (Å²) in [5.41, 5.74) is -4.20. The molecule has 3 aliphatic heterocycles. The number of furan rings is 1. The van der Waals surface area contributed by atoms with Crippen LogP contribution in [-0.4, -0.2) is 46.2 Å². The molecule has 0 radical (unpaired) electrons. The Labute approximate surface area is 197 Å². The Morgan fingerprint density at radius 1 is 1.06 bits per heavy atom. The minimum atomic E-state index is -1.19. The third kappa shape index (κ3) is 2.25. The molecule has 4 fully saturated rings. The first-order valence-electron chi connectivity index (χ1n) is 11.9. The maximum absolute atomic E-state index is 14.2. The van der Waals surface area contributed by atoms with Crippen LogP contribution in [0.1, 0.15) is 59.1 Å². The van der Waals surface area contributed by atoms with Gasteiger partial charge in [-0.25, -0.2) is 9.59 Å². The summed E-state index contributed by atoms with van der Waals surface area (Å²) in [6.07, 6.45) is 4.12. The maximum atomic E-state index is 14.2. The molecule has 9 atom stereocenters.